The Kier molecular flexibility index (Phi) is 6.13. The normalized spacial score (nSPS) is 14.0. The van der Waals surface area contributed by atoms with Crippen molar-refractivity contribution in [2.75, 3.05) is 6.61 Å². The lowest BCUT2D eigenvalue weighted by Crippen LogP contribution is -2.29. The Labute approximate surface area is 173 Å². The maximum absolute atomic E-state index is 12.0. The van der Waals surface area contributed by atoms with Crippen molar-refractivity contribution >= 4 is 31.7 Å². The molecule has 1 unspecified atom stereocenters. The molecule has 1 heterocycles. The van der Waals surface area contributed by atoms with Gasteiger partial charge in [-0.2, -0.15) is 0 Å². The van der Waals surface area contributed by atoms with Crippen molar-refractivity contribution in [3.63, 3.8) is 0 Å². The van der Waals surface area contributed by atoms with Crippen LogP contribution in [0.25, 0.3) is 10.9 Å². The van der Waals surface area contributed by atoms with E-state index in [1.165, 1.54) is 6.92 Å². The summed E-state index contributed by atoms with van der Waals surface area (Å²) in [6, 6.07) is 11.7. The third kappa shape index (κ3) is 4.23. The summed E-state index contributed by atoms with van der Waals surface area (Å²) in [6.45, 7) is 7.69. The van der Waals surface area contributed by atoms with Crippen LogP contribution in [0.3, 0.4) is 0 Å². The predicted octanol–water partition coefficient (Wildman–Crippen LogP) is 3.24. The van der Waals surface area contributed by atoms with Crippen LogP contribution < -0.4 is 10.0 Å². The number of aliphatic hydroxyl groups is 2. The Morgan fingerprint density at radius 1 is 1.21 bits per heavy atom. The van der Waals surface area contributed by atoms with Gasteiger partial charge >= 0.3 is 0 Å². The largest absolute Gasteiger partial charge is 0.491 e. The summed E-state index contributed by atoms with van der Waals surface area (Å²) >= 11 is 0. The van der Waals surface area contributed by atoms with E-state index < -0.39 is 17.6 Å². The Morgan fingerprint density at radius 2 is 1.93 bits per heavy atom. The molecule has 0 amide bonds. The van der Waals surface area contributed by atoms with Crippen LogP contribution in [0, 0.1) is 6.92 Å². The zero-order chi connectivity index (χ0) is 21.3. The highest BCUT2D eigenvalue weighted by atomic mass is 31.0. The molecule has 3 N–H and O–H groups in total. The number of aliphatic hydroxyl groups excluding tert-OH is 2. The van der Waals surface area contributed by atoms with E-state index in [4.69, 9.17) is 4.74 Å². The lowest BCUT2D eigenvalue weighted by Gasteiger charge is -2.28. The van der Waals surface area contributed by atoms with Gasteiger partial charge in [0.15, 0.2) is 6.29 Å². The topological polar surface area (TPSA) is 82.5 Å². The molecule has 29 heavy (non-hydrogen) atoms. The molecular formula is C23H28NO4P. The lowest BCUT2D eigenvalue weighted by atomic mass is 9.77. The summed E-state index contributed by atoms with van der Waals surface area (Å²) in [6.07, 6.45) is -0.906. The number of benzene rings is 2. The fourth-order valence-electron chi connectivity index (χ4n) is 3.67. The molecular weight excluding hydrogens is 385 g/mol. The SMILES string of the molecule is Cc1ccc(OC[C@@H](O)[C@@H](C)O)cc1C(C)(C)c1[nH]c2cc(P)ccc2c1C=O. The highest BCUT2D eigenvalue weighted by Crippen LogP contribution is 2.38. The summed E-state index contributed by atoms with van der Waals surface area (Å²) in [5, 5.41) is 21.2. The number of rotatable bonds is 7. The van der Waals surface area contributed by atoms with Crippen molar-refractivity contribution in [2.45, 2.75) is 45.3 Å². The minimum atomic E-state index is -0.954. The molecule has 6 heteroatoms. The van der Waals surface area contributed by atoms with E-state index >= 15 is 0 Å². The quantitative estimate of drug-likeness (QED) is 0.410. The molecule has 154 valence electrons. The van der Waals surface area contributed by atoms with Crippen LogP contribution in [0.15, 0.2) is 36.4 Å². The van der Waals surface area contributed by atoms with E-state index in [9.17, 15) is 15.0 Å². The zero-order valence-electron chi connectivity index (χ0n) is 17.2. The second-order valence-corrected chi connectivity index (χ2v) is 8.72. The molecule has 0 saturated carbocycles. The summed E-state index contributed by atoms with van der Waals surface area (Å²) in [7, 11) is 2.67. The molecule has 0 saturated heterocycles. The van der Waals surface area contributed by atoms with Gasteiger partial charge in [0.1, 0.15) is 18.5 Å². The molecule has 3 aromatic rings. The number of carbonyl (C=O) groups is 1. The zero-order valence-corrected chi connectivity index (χ0v) is 18.3. The number of fused-ring (bicyclic) bond motifs is 1. The number of hydrogen-bond acceptors (Lipinski definition) is 4. The van der Waals surface area contributed by atoms with E-state index in [0.29, 0.717) is 11.3 Å². The van der Waals surface area contributed by atoms with E-state index in [1.54, 1.807) is 0 Å². The van der Waals surface area contributed by atoms with Gasteiger partial charge in [0, 0.05) is 27.6 Å². The summed E-state index contributed by atoms with van der Waals surface area (Å²) in [4.78, 5) is 15.4. The van der Waals surface area contributed by atoms with Crippen molar-refractivity contribution < 1.29 is 19.7 Å². The fraction of sp³-hybridized carbons (Fsp3) is 0.348. The van der Waals surface area contributed by atoms with Gasteiger partial charge in [-0.15, -0.1) is 9.24 Å². The number of ether oxygens (including phenoxy) is 1. The minimum Gasteiger partial charge on any atom is -0.491 e. The van der Waals surface area contributed by atoms with Gasteiger partial charge in [-0.3, -0.25) is 4.79 Å². The number of aromatic nitrogens is 1. The van der Waals surface area contributed by atoms with Crippen molar-refractivity contribution in [1.82, 2.24) is 4.98 Å². The average Bonchev–Trinajstić information content (AvgIpc) is 3.05. The van der Waals surface area contributed by atoms with Crippen LogP contribution in [0.1, 0.15) is 48.0 Å². The number of aryl methyl sites for hydroxylation is 1. The first-order valence-corrected chi connectivity index (χ1v) is 10.2. The van der Waals surface area contributed by atoms with E-state index in [2.05, 4.69) is 28.1 Å². The van der Waals surface area contributed by atoms with Crippen molar-refractivity contribution in [3.8, 4) is 5.75 Å². The van der Waals surface area contributed by atoms with Crippen molar-refractivity contribution in [2.24, 2.45) is 0 Å². The number of hydrogen-bond donors (Lipinski definition) is 3. The molecule has 1 aromatic heterocycles. The Morgan fingerprint density at radius 3 is 2.59 bits per heavy atom. The average molecular weight is 413 g/mol. The smallest absolute Gasteiger partial charge is 0.152 e. The van der Waals surface area contributed by atoms with E-state index in [-0.39, 0.29) is 6.61 Å². The molecule has 0 aliphatic rings. The van der Waals surface area contributed by atoms with Gasteiger partial charge in [0.2, 0.25) is 0 Å². The Hall–Kier alpha value is -2.20. The second kappa shape index (κ2) is 8.27. The molecule has 0 fully saturated rings. The third-order valence-electron chi connectivity index (χ3n) is 5.47. The number of nitrogens with one attached hydrogen (secondary N) is 1. The lowest BCUT2D eigenvalue weighted by molar-refractivity contribution is 0.00224. The van der Waals surface area contributed by atoms with Crippen LogP contribution in [-0.2, 0) is 5.41 Å². The van der Waals surface area contributed by atoms with Gasteiger partial charge in [-0.25, -0.2) is 0 Å². The Bertz CT molecular complexity index is 1040. The minimum absolute atomic E-state index is 0.00349. The maximum atomic E-state index is 12.0. The summed E-state index contributed by atoms with van der Waals surface area (Å²) in [5.41, 5.74) is 4.03. The predicted molar refractivity (Wildman–Crippen MR) is 120 cm³/mol. The first-order valence-electron chi connectivity index (χ1n) is 9.62. The molecule has 3 rings (SSSR count). The molecule has 0 bridgehead atoms. The number of H-pyrrole nitrogens is 1. The van der Waals surface area contributed by atoms with Crippen LogP contribution in [0.4, 0.5) is 0 Å². The first kappa shape index (κ1) is 21.5. The molecule has 0 radical (unpaired) electrons. The van der Waals surface area contributed by atoms with Crippen LogP contribution in [0.5, 0.6) is 5.75 Å². The Balaban J connectivity index is 2.04. The standard InChI is InChI=1S/C23H28NO4P/c1-13-5-6-15(28-12-21(27)14(2)26)9-19(13)23(3,4)22-18(11-25)17-8-7-16(29)10-20(17)24-22/h5-11,14,21,24,26-27H,12,29H2,1-4H3/t14-,21-/m1/s1. The van der Waals surface area contributed by atoms with Crippen molar-refractivity contribution in [1.29, 1.82) is 0 Å². The number of aldehydes is 1. The van der Waals surface area contributed by atoms with Gasteiger partial charge in [-0.05, 0) is 48.5 Å². The van der Waals surface area contributed by atoms with Crippen molar-refractivity contribution in [3.05, 3.63) is 58.8 Å². The van der Waals surface area contributed by atoms with Gasteiger partial charge < -0.3 is 19.9 Å². The van der Waals surface area contributed by atoms with Gasteiger partial charge in [-0.1, -0.05) is 32.0 Å². The molecule has 0 spiro atoms. The molecule has 0 aliphatic carbocycles. The maximum Gasteiger partial charge on any atom is 0.152 e. The highest BCUT2D eigenvalue weighted by molar-refractivity contribution is 7.27. The molecule has 3 atom stereocenters. The number of aromatic amines is 1. The highest BCUT2D eigenvalue weighted by Gasteiger charge is 2.31. The third-order valence-corrected chi connectivity index (χ3v) is 5.82. The summed E-state index contributed by atoms with van der Waals surface area (Å²) in [5.74, 6) is 0.606. The van der Waals surface area contributed by atoms with Gasteiger partial charge in [0.25, 0.3) is 0 Å². The van der Waals surface area contributed by atoms with E-state index in [0.717, 1.165) is 39.3 Å². The van der Waals surface area contributed by atoms with E-state index in [1.807, 2.05) is 43.3 Å². The van der Waals surface area contributed by atoms with Crippen LogP contribution >= 0.6 is 9.24 Å². The fourth-order valence-corrected chi connectivity index (χ4v) is 3.93. The van der Waals surface area contributed by atoms with Gasteiger partial charge in [0.05, 0.1) is 6.10 Å². The second-order valence-electron chi connectivity index (χ2n) is 8.06. The molecule has 5 nitrogen and oxygen atoms in total. The van der Waals surface area contributed by atoms with Crippen LogP contribution in [-0.4, -0.2) is 40.3 Å². The monoisotopic (exact) mass is 413 g/mol. The van der Waals surface area contributed by atoms with Crippen LogP contribution in [0.2, 0.25) is 0 Å². The molecule has 2 aromatic carbocycles. The molecule has 0 aliphatic heterocycles. The first-order chi connectivity index (χ1) is 13.6. The number of carbonyl (C=O) groups excluding carboxylic acids is 1. The summed E-state index contributed by atoms with van der Waals surface area (Å²) < 4.78 is 5.69.